The predicted molar refractivity (Wildman–Crippen MR) is 96.1 cm³/mol. The molecule has 0 amide bonds. The van der Waals surface area contributed by atoms with Crippen molar-refractivity contribution >= 4 is 23.3 Å². The van der Waals surface area contributed by atoms with E-state index in [1.54, 1.807) is 6.92 Å². The third-order valence-corrected chi connectivity index (χ3v) is 4.09. The summed E-state index contributed by atoms with van der Waals surface area (Å²) < 4.78 is 5.20. The van der Waals surface area contributed by atoms with Gasteiger partial charge in [-0.3, -0.25) is 0 Å². The van der Waals surface area contributed by atoms with Crippen molar-refractivity contribution in [2.45, 2.75) is 46.1 Å². The molecule has 2 rings (SSSR count). The zero-order valence-corrected chi connectivity index (χ0v) is 15.1. The van der Waals surface area contributed by atoms with Crippen LogP contribution in [0.25, 0.3) is 0 Å². The van der Waals surface area contributed by atoms with Gasteiger partial charge in [-0.25, -0.2) is 4.79 Å². The fourth-order valence-corrected chi connectivity index (χ4v) is 2.87. The smallest absolute Gasteiger partial charge is 0.338 e. The van der Waals surface area contributed by atoms with Crippen LogP contribution in [-0.2, 0) is 14.9 Å². The number of thiocarbonyl (C=S) groups is 1. The molecule has 1 heterocycles. The third-order valence-electron chi connectivity index (χ3n) is 3.87. The molecule has 1 atom stereocenters. The highest BCUT2D eigenvalue weighted by Gasteiger charge is 2.30. The van der Waals surface area contributed by atoms with E-state index in [9.17, 15) is 4.79 Å². The van der Waals surface area contributed by atoms with Crippen LogP contribution in [-0.4, -0.2) is 17.7 Å². The number of allylic oxidation sites excluding steroid dienone is 1. The van der Waals surface area contributed by atoms with Crippen LogP contribution in [0.3, 0.4) is 0 Å². The molecule has 1 aromatic carbocycles. The van der Waals surface area contributed by atoms with E-state index >= 15 is 0 Å². The SMILES string of the molecule is CCOC(=O)C1=C(C)NC(=S)N[C@@H]1c1ccc(C(C)(C)C)cc1. The molecule has 0 bridgehead atoms. The second-order valence-electron chi connectivity index (χ2n) is 6.66. The van der Waals surface area contributed by atoms with Crippen LogP contribution in [0, 0.1) is 0 Å². The minimum absolute atomic E-state index is 0.0884. The van der Waals surface area contributed by atoms with Gasteiger partial charge >= 0.3 is 5.97 Å². The molecule has 0 radical (unpaired) electrons. The van der Waals surface area contributed by atoms with Gasteiger partial charge in [0.15, 0.2) is 5.11 Å². The summed E-state index contributed by atoms with van der Waals surface area (Å²) in [6.07, 6.45) is 0. The van der Waals surface area contributed by atoms with Crippen LogP contribution >= 0.6 is 12.2 Å². The average molecular weight is 332 g/mol. The summed E-state index contributed by atoms with van der Waals surface area (Å²) in [5, 5.41) is 6.69. The van der Waals surface area contributed by atoms with E-state index in [1.807, 2.05) is 19.1 Å². The van der Waals surface area contributed by atoms with E-state index in [0.717, 1.165) is 11.3 Å². The number of esters is 1. The normalized spacial score (nSPS) is 18.3. The fraction of sp³-hybridized carbons (Fsp3) is 0.444. The molecule has 124 valence electrons. The van der Waals surface area contributed by atoms with Crippen molar-refractivity contribution in [2.24, 2.45) is 0 Å². The van der Waals surface area contributed by atoms with Crippen molar-refractivity contribution in [2.75, 3.05) is 6.61 Å². The monoisotopic (exact) mass is 332 g/mol. The highest BCUT2D eigenvalue weighted by molar-refractivity contribution is 7.80. The lowest BCUT2D eigenvalue weighted by Crippen LogP contribution is -2.45. The summed E-state index contributed by atoms with van der Waals surface area (Å²) in [4.78, 5) is 12.3. The first kappa shape index (κ1) is 17.5. The molecule has 0 saturated carbocycles. The van der Waals surface area contributed by atoms with Crippen LogP contribution in [0.1, 0.15) is 51.8 Å². The van der Waals surface area contributed by atoms with Crippen molar-refractivity contribution in [1.29, 1.82) is 0 Å². The van der Waals surface area contributed by atoms with E-state index in [4.69, 9.17) is 17.0 Å². The highest BCUT2D eigenvalue weighted by atomic mass is 32.1. The number of nitrogens with one attached hydrogen (secondary N) is 2. The number of carbonyl (C=O) groups is 1. The quantitative estimate of drug-likeness (QED) is 0.657. The van der Waals surface area contributed by atoms with E-state index in [-0.39, 0.29) is 17.4 Å². The molecule has 1 aliphatic rings. The number of hydrogen-bond acceptors (Lipinski definition) is 3. The molecule has 0 spiro atoms. The van der Waals surface area contributed by atoms with Crippen LogP contribution in [0.15, 0.2) is 35.5 Å². The Labute approximate surface area is 143 Å². The fourth-order valence-electron chi connectivity index (χ4n) is 2.60. The molecule has 0 saturated heterocycles. The Kier molecular flexibility index (Phi) is 5.09. The molecule has 23 heavy (non-hydrogen) atoms. The van der Waals surface area contributed by atoms with Crippen molar-refractivity contribution < 1.29 is 9.53 Å². The zero-order chi connectivity index (χ0) is 17.2. The van der Waals surface area contributed by atoms with Crippen molar-refractivity contribution in [3.8, 4) is 0 Å². The molecule has 0 fully saturated rings. The van der Waals surface area contributed by atoms with Gasteiger partial charge in [0.2, 0.25) is 0 Å². The van der Waals surface area contributed by atoms with Gasteiger partial charge in [-0.15, -0.1) is 0 Å². The minimum atomic E-state index is -0.322. The molecular weight excluding hydrogens is 308 g/mol. The summed E-state index contributed by atoms with van der Waals surface area (Å²) in [6, 6.07) is 7.98. The minimum Gasteiger partial charge on any atom is -0.463 e. The van der Waals surface area contributed by atoms with Crippen LogP contribution < -0.4 is 10.6 Å². The maximum Gasteiger partial charge on any atom is 0.338 e. The standard InChI is InChI=1S/C18H24N2O2S/c1-6-22-16(21)14-11(2)19-17(23)20-15(14)12-7-9-13(10-8-12)18(3,4)5/h7-10,15H,6H2,1-5H3,(H2,19,20,23)/t15-/m1/s1. The summed E-state index contributed by atoms with van der Waals surface area (Å²) in [6.45, 7) is 10.5. The number of ether oxygens (including phenoxy) is 1. The molecule has 0 aliphatic carbocycles. The molecule has 2 N–H and O–H groups in total. The van der Waals surface area contributed by atoms with E-state index in [2.05, 4.69) is 43.5 Å². The Morgan fingerprint density at radius 1 is 1.26 bits per heavy atom. The lowest BCUT2D eigenvalue weighted by molar-refractivity contribution is -0.139. The number of benzene rings is 1. The van der Waals surface area contributed by atoms with E-state index in [0.29, 0.717) is 17.3 Å². The lowest BCUT2D eigenvalue weighted by atomic mass is 9.85. The molecular formula is C18H24N2O2S. The van der Waals surface area contributed by atoms with Crippen molar-refractivity contribution in [3.05, 3.63) is 46.7 Å². The van der Waals surface area contributed by atoms with E-state index < -0.39 is 0 Å². The number of hydrogen-bond donors (Lipinski definition) is 2. The van der Waals surface area contributed by atoms with Gasteiger partial charge in [-0.05, 0) is 42.6 Å². The summed E-state index contributed by atoms with van der Waals surface area (Å²) in [5.74, 6) is -0.322. The Morgan fingerprint density at radius 3 is 2.39 bits per heavy atom. The van der Waals surface area contributed by atoms with Gasteiger partial charge in [-0.1, -0.05) is 45.0 Å². The Bertz CT molecular complexity index is 642. The number of carbonyl (C=O) groups excluding carboxylic acids is 1. The first-order valence-electron chi connectivity index (χ1n) is 7.80. The molecule has 4 nitrogen and oxygen atoms in total. The lowest BCUT2D eigenvalue weighted by Gasteiger charge is -2.30. The maximum absolute atomic E-state index is 12.3. The Hall–Kier alpha value is -1.88. The highest BCUT2D eigenvalue weighted by Crippen LogP contribution is 2.30. The number of rotatable bonds is 3. The maximum atomic E-state index is 12.3. The molecule has 0 aromatic heterocycles. The summed E-state index contributed by atoms with van der Waals surface area (Å²) >= 11 is 5.24. The van der Waals surface area contributed by atoms with Crippen molar-refractivity contribution in [1.82, 2.24) is 10.6 Å². The Balaban J connectivity index is 2.40. The van der Waals surface area contributed by atoms with Gasteiger partial charge in [0.25, 0.3) is 0 Å². The Morgan fingerprint density at radius 2 is 1.87 bits per heavy atom. The molecule has 0 unspecified atom stereocenters. The molecule has 1 aliphatic heterocycles. The topological polar surface area (TPSA) is 50.4 Å². The molecule has 1 aromatic rings. The second-order valence-corrected chi connectivity index (χ2v) is 7.07. The van der Waals surface area contributed by atoms with Gasteiger partial charge in [0.1, 0.15) is 0 Å². The van der Waals surface area contributed by atoms with Gasteiger partial charge in [0.05, 0.1) is 18.2 Å². The largest absolute Gasteiger partial charge is 0.463 e. The van der Waals surface area contributed by atoms with Gasteiger partial charge in [-0.2, -0.15) is 0 Å². The first-order valence-corrected chi connectivity index (χ1v) is 8.20. The molecule has 5 heteroatoms. The first-order chi connectivity index (χ1) is 10.7. The average Bonchev–Trinajstić information content (AvgIpc) is 2.45. The van der Waals surface area contributed by atoms with Crippen LogP contribution in [0.5, 0.6) is 0 Å². The summed E-state index contributed by atoms with van der Waals surface area (Å²) in [5.41, 5.74) is 3.63. The second kappa shape index (κ2) is 6.71. The van der Waals surface area contributed by atoms with Gasteiger partial charge in [0, 0.05) is 5.70 Å². The van der Waals surface area contributed by atoms with Crippen molar-refractivity contribution in [3.63, 3.8) is 0 Å². The third kappa shape index (κ3) is 3.91. The summed E-state index contributed by atoms with van der Waals surface area (Å²) in [7, 11) is 0. The van der Waals surface area contributed by atoms with Gasteiger partial charge < -0.3 is 15.4 Å². The van der Waals surface area contributed by atoms with Crippen LogP contribution in [0.4, 0.5) is 0 Å². The zero-order valence-electron chi connectivity index (χ0n) is 14.3. The predicted octanol–water partition coefficient (Wildman–Crippen LogP) is 3.34. The van der Waals surface area contributed by atoms with Crippen LogP contribution in [0.2, 0.25) is 0 Å². The van der Waals surface area contributed by atoms with E-state index in [1.165, 1.54) is 5.56 Å².